The van der Waals surface area contributed by atoms with Crippen molar-refractivity contribution in [2.75, 3.05) is 23.7 Å². The summed E-state index contributed by atoms with van der Waals surface area (Å²) in [5, 5.41) is 0.491. The van der Waals surface area contributed by atoms with Crippen molar-refractivity contribution in [2.24, 2.45) is 0 Å². The van der Waals surface area contributed by atoms with E-state index in [-0.39, 0.29) is 4.90 Å². The van der Waals surface area contributed by atoms with E-state index in [1.54, 1.807) is 54.3 Å². The molecular formula is C15H17ClN2O2S. The molecule has 0 unspecified atom stereocenters. The molecule has 0 bridgehead atoms. The van der Waals surface area contributed by atoms with Gasteiger partial charge in [0.15, 0.2) is 0 Å². The molecule has 2 aromatic carbocycles. The van der Waals surface area contributed by atoms with E-state index in [1.165, 1.54) is 0 Å². The Hall–Kier alpha value is -1.72. The first-order chi connectivity index (χ1) is 9.83. The minimum Gasteiger partial charge on any atom is -0.375 e. The normalized spacial score (nSPS) is 11.2. The van der Waals surface area contributed by atoms with Crippen LogP contribution in [0.25, 0.3) is 0 Å². The topological polar surface area (TPSA) is 49.4 Å². The molecule has 0 aliphatic rings. The van der Waals surface area contributed by atoms with Crippen molar-refractivity contribution in [2.45, 2.75) is 11.8 Å². The molecule has 0 radical (unpaired) electrons. The van der Waals surface area contributed by atoms with Crippen LogP contribution in [-0.2, 0) is 10.0 Å². The molecule has 0 saturated carbocycles. The zero-order valence-electron chi connectivity index (χ0n) is 12.1. The third kappa shape index (κ3) is 3.31. The van der Waals surface area contributed by atoms with Gasteiger partial charge in [-0.15, -0.1) is 0 Å². The van der Waals surface area contributed by atoms with Gasteiger partial charge in [0.1, 0.15) is 0 Å². The summed E-state index contributed by atoms with van der Waals surface area (Å²) in [6, 6.07) is 12.0. The third-order valence-corrected chi connectivity index (χ3v) is 4.89. The van der Waals surface area contributed by atoms with Crippen molar-refractivity contribution >= 4 is 33.0 Å². The predicted molar refractivity (Wildman–Crippen MR) is 87.8 cm³/mol. The lowest BCUT2D eigenvalue weighted by atomic mass is 10.2. The molecule has 0 atom stereocenters. The summed E-state index contributed by atoms with van der Waals surface area (Å²) in [5.74, 6) is 0. The van der Waals surface area contributed by atoms with Gasteiger partial charge in [-0.2, -0.15) is 0 Å². The molecule has 21 heavy (non-hydrogen) atoms. The van der Waals surface area contributed by atoms with E-state index >= 15 is 0 Å². The molecule has 2 rings (SSSR count). The number of nitrogens with zero attached hydrogens (tertiary/aromatic N) is 1. The van der Waals surface area contributed by atoms with Crippen molar-refractivity contribution in [3.8, 4) is 0 Å². The van der Waals surface area contributed by atoms with Gasteiger partial charge in [-0.25, -0.2) is 8.42 Å². The number of halogens is 1. The van der Waals surface area contributed by atoms with E-state index in [9.17, 15) is 8.42 Å². The number of anilines is 2. The number of para-hydroxylation sites is 1. The van der Waals surface area contributed by atoms with Gasteiger partial charge in [0.05, 0.1) is 21.3 Å². The first-order valence-electron chi connectivity index (χ1n) is 6.37. The van der Waals surface area contributed by atoms with Crippen molar-refractivity contribution in [1.29, 1.82) is 0 Å². The SMILES string of the molecule is Cc1ccccc1S(=O)(=O)Nc1cccc(Cl)c1N(C)C. The highest BCUT2D eigenvalue weighted by Crippen LogP contribution is 2.34. The van der Waals surface area contributed by atoms with Gasteiger partial charge < -0.3 is 4.90 Å². The molecule has 0 aliphatic heterocycles. The highest BCUT2D eigenvalue weighted by molar-refractivity contribution is 7.92. The Kier molecular flexibility index (Phi) is 4.44. The molecular weight excluding hydrogens is 308 g/mol. The number of rotatable bonds is 4. The van der Waals surface area contributed by atoms with Crippen LogP contribution in [0.3, 0.4) is 0 Å². The Morgan fingerprint density at radius 2 is 1.71 bits per heavy atom. The molecule has 112 valence electrons. The van der Waals surface area contributed by atoms with Crippen LogP contribution >= 0.6 is 11.6 Å². The molecule has 0 amide bonds. The van der Waals surface area contributed by atoms with Crippen LogP contribution in [0.4, 0.5) is 11.4 Å². The van der Waals surface area contributed by atoms with Crippen LogP contribution in [0, 0.1) is 6.92 Å². The van der Waals surface area contributed by atoms with E-state index in [1.807, 2.05) is 14.1 Å². The van der Waals surface area contributed by atoms with Crippen molar-refractivity contribution < 1.29 is 8.42 Å². The largest absolute Gasteiger partial charge is 0.375 e. The summed E-state index contributed by atoms with van der Waals surface area (Å²) in [6.07, 6.45) is 0. The monoisotopic (exact) mass is 324 g/mol. The summed E-state index contributed by atoms with van der Waals surface area (Å²) in [4.78, 5) is 2.03. The predicted octanol–water partition coefficient (Wildman–Crippen LogP) is 3.52. The Bertz CT molecular complexity index is 758. The third-order valence-electron chi connectivity index (χ3n) is 3.06. The van der Waals surface area contributed by atoms with Gasteiger partial charge >= 0.3 is 0 Å². The standard InChI is InChI=1S/C15H17ClN2O2S/c1-11-7-4-5-10-14(11)21(19,20)17-13-9-6-8-12(16)15(13)18(2)3/h4-10,17H,1-3H3. The van der Waals surface area contributed by atoms with E-state index in [4.69, 9.17) is 11.6 Å². The lowest BCUT2D eigenvalue weighted by Crippen LogP contribution is -2.18. The van der Waals surface area contributed by atoms with Gasteiger partial charge in [-0.1, -0.05) is 35.9 Å². The highest BCUT2D eigenvalue weighted by atomic mass is 35.5. The van der Waals surface area contributed by atoms with Crippen LogP contribution in [0.1, 0.15) is 5.56 Å². The second-order valence-corrected chi connectivity index (χ2v) is 6.96. The molecule has 4 nitrogen and oxygen atoms in total. The fraction of sp³-hybridized carbons (Fsp3) is 0.200. The fourth-order valence-corrected chi connectivity index (χ4v) is 3.77. The minimum absolute atomic E-state index is 0.259. The van der Waals surface area contributed by atoms with E-state index in [0.717, 1.165) is 0 Å². The zero-order valence-corrected chi connectivity index (χ0v) is 13.7. The highest BCUT2D eigenvalue weighted by Gasteiger charge is 2.19. The number of nitrogens with one attached hydrogen (secondary N) is 1. The van der Waals surface area contributed by atoms with Crippen LogP contribution in [-0.4, -0.2) is 22.5 Å². The minimum atomic E-state index is -3.65. The number of aryl methyl sites for hydroxylation is 1. The van der Waals surface area contributed by atoms with Crippen molar-refractivity contribution in [1.82, 2.24) is 0 Å². The van der Waals surface area contributed by atoms with Crippen LogP contribution < -0.4 is 9.62 Å². The number of benzene rings is 2. The number of hydrogen-bond acceptors (Lipinski definition) is 3. The van der Waals surface area contributed by atoms with E-state index < -0.39 is 10.0 Å². The summed E-state index contributed by atoms with van der Waals surface area (Å²) in [5.41, 5.74) is 1.78. The molecule has 0 aromatic heterocycles. The quantitative estimate of drug-likeness (QED) is 0.936. The van der Waals surface area contributed by atoms with Crippen LogP contribution in [0.5, 0.6) is 0 Å². The maximum atomic E-state index is 12.5. The van der Waals surface area contributed by atoms with E-state index in [0.29, 0.717) is 22.0 Å². The van der Waals surface area contributed by atoms with E-state index in [2.05, 4.69) is 4.72 Å². The van der Waals surface area contributed by atoms with Crippen molar-refractivity contribution in [3.63, 3.8) is 0 Å². The van der Waals surface area contributed by atoms with Crippen LogP contribution in [0.15, 0.2) is 47.4 Å². The summed E-state index contributed by atoms with van der Waals surface area (Å²) < 4.78 is 27.7. The second kappa shape index (κ2) is 5.95. The summed E-state index contributed by atoms with van der Waals surface area (Å²) in [7, 11) is -0.0275. The van der Waals surface area contributed by atoms with Gasteiger partial charge in [-0.05, 0) is 30.7 Å². The maximum absolute atomic E-state index is 12.5. The molecule has 6 heteroatoms. The van der Waals surface area contributed by atoms with Crippen LogP contribution in [0.2, 0.25) is 5.02 Å². The Balaban J connectivity index is 2.48. The molecule has 0 heterocycles. The molecule has 0 fully saturated rings. The Labute approximate surface area is 130 Å². The average Bonchev–Trinajstić information content (AvgIpc) is 2.38. The smallest absolute Gasteiger partial charge is 0.262 e. The van der Waals surface area contributed by atoms with Gasteiger partial charge in [0.25, 0.3) is 10.0 Å². The lowest BCUT2D eigenvalue weighted by Gasteiger charge is -2.20. The maximum Gasteiger partial charge on any atom is 0.262 e. The Morgan fingerprint density at radius 1 is 1.05 bits per heavy atom. The molecule has 1 N–H and O–H groups in total. The number of hydrogen-bond donors (Lipinski definition) is 1. The zero-order chi connectivity index (χ0) is 15.6. The first kappa shape index (κ1) is 15.7. The number of sulfonamides is 1. The molecule has 2 aromatic rings. The lowest BCUT2D eigenvalue weighted by molar-refractivity contribution is 0.600. The Morgan fingerprint density at radius 3 is 2.33 bits per heavy atom. The second-order valence-electron chi connectivity index (χ2n) is 4.90. The molecule has 0 aliphatic carbocycles. The van der Waals surface area contributed by atoms with Gasteiger partial charge in [0.2, 0.25) is 0 Å². The van der Waals surface area contributed by atoms with Gasteiger partial charge in [-0.3, -0.25) is 4.72 Å². The van der Waals surface area contributed by atoms with Crippen molar-refractivity contribution in [3.05, 3.63) is 53.1 Å². The summed E-state index contributed by atoms with van der Waals surface area (Å²) >= 11 is 6.15. The first-order valence-corrected chi connectivity index (χ1v) is 8.23. The summed E-state index contributed by atoms with van der Waals surface area (Å²) in [6.45, 7) is 1.76. The van der Waals surface area contributed by atoms with Gasteiger partial charge in [0, 0.05) is 14.1 Å². The molecule has 0 spiro atoms. The average molecular weight is 325 g/mol. The molecule has 0 saturated heterocycles. The fourth-order valence-electron chi connectivity index (χ4n) is 2.11.